The number of carbonyl (C=O) groups excluding carboxylic acids is 2. The van der Waals surface area contributed by atoms with E-state index in [9.17, 15) is 19.5 Å². The minimum atomic E-state index is -1.10. The quantitative estimate of drug-likeness (QED) is 0.476. The molecule has 2 rings (SSSR count). The van der Waals surface area contributed by atoms with Gasteiger partial charge in [-0.25, -0.2) is 14.4 Å². The Kier molecular flexibility index (Phi) is 6.27. The molecule has 0 saturated heterocycles. The maximum atomic E-state index is 11.7. The fraction of sp³-hybridized carbons (Fsp3) is 0.0952. The van der Waals surface area contributed by atoms with Crippen LogP contribution in [0.15, 0.2) is 60.7 Å². The van der Waals surface area contributed by atoms with Crippen molar-refractivity contribution in [3.8, 4) is 16.9 Å². The highest BCUT2D eigenvalue weighted by Gasteiger charge is 2.15. The smallest absolute Gasteiger partial charge is 0.338 e. The van der Waals surface area contributed by atoms with Crippen molar-refractivity contribution in [3.05, 3.63) is 71.8 Å². The first-order valence-corrected chi connectivity index (χ1v) is 7.93. The number of benzene rings is 2. The molecule has 0 aliphatic heterocycles. The predicted molar refractivity (Wildman–Crippen MR) is 100 cm³/mol. The number of aromatic carboxylic acids is 1. The fourth-order valence-corrected chi connectivity index (χ4v) is 2.21. The summed E-state index contributed by atoms with van der Waals surface area (Å²) < 4.78 is 9.71. The predicted octanol–water partition coefficient (Wildman–Crippen LogP) is 3.72. The Balaban J connectivity index is 2.38. The van der Waals surface area contributed by atoms with Crippen molar-refractivity contribution < 1.29 is 29.0 Å². The van der Waals surface area contributed by atoms with E-state index in [1.807, 2.05) is 0 Å². The molecule has 0 spiro atoms. The number of carboxylic acids is 1. The normalized spacial score (nSPS) is 10.4. The maximum absolute atomic E-state index is 11.7. The molecule has 0 fully saturated rings. The van der Waals surface area contributed by atoms with Gasteiger partial charge in [0, 0.05) is 11.6 Å². The van der Waals surface area contributed by atoms with Crippen LogP contribution < -0.4 is 4.74 Å². The Labute approximate surface area is 156 Å². The van der Waals surface area contributed by atoms with Gasteiger partial charge in [-0.1, -0.05) is 30.8 Å². The molecule has 6 nitrogen and oxygen atoms in total. The zero-order valence-electron chi connectivity index (χ0n) is 14.9. The minimum absolute atomic E-state index is 0.0722. The van der Waals surface area contributed by atoms with Gasteiger partial charge in [0.25, 0.3) is 0 Å². The number of rotatable bonds is 6. The van der Waals surface area contributed by atoms with Gasteiger partial charge in [0.15, 0.2) is 0 Å². The molecule has 0 unspecified atom stereocenters. The Bertz CT molecular complexity index is 922. The molecule has 138 valence electrons. The summed E-state index contributed by atoms with van der Waals surface area (Å²) in [4.78, 5) is 34.4. The molecule has 0 bridgehead atoms. The molecule has 0 aromatic heterocycles. The van der Waals surface area contributed by atoms with Crippen LogP contribution in [0.5, 0.6) is 5.75 Å². The average Bonchev–Trinajstić information content (AvgIpc) is 2.66. The summed E-state index contributed by atoms with van der Waals surface area (Å²) in [6.07, 6.45) is 2.87. The van der Waals surface area contributed by atoms with Gasteiger partial charge in [-0.05, 0) is 47.9 Å². The standard InChI is InChI=1S/C21H18O6/c1-13(2)21(25)27-16-9-10-17(20(23)24)18(12-16)15-7-4-14(5-8-15)6-11-19(22)26-3/h4-12H,1H2,2-3H3,(H,23,24)/b11-6+. The number of carboxylic acid groups (broad SMARTS) is 1. The number of carbonyl (C=O) groups is 3. The third-order valence-corrected chi connectivity index (χ3v) is 3.62. The van der Waals surface area contributed by atoms with Gasteiger partial charge >= 0.3 is 17.9 Å². The molecule has 0 atom stereocenters. The summed E-state index contributed by atoms with van der Waals surface area (Å²) in [6.45, 7) is 5.04. The van der Waals surface area contributed by atoms with Crippen molar-refractivity contribution in [2.45, 2.75) is 6.92 Å². The number of hydrogen-bond acceptors (Lipinski definition) is 5. The lowest BCUT2D eigenvalue weighted by atomic mass is 9.98. The summed E-state index contributed by atoms with van der Waals surface area (Å²) >= 11 is 0. The second kappa shape index (κ2) is 8.62. The highest BCUT2D eigenvalue weighted by atomic mass is 16.5. The van der Waals surface area contributed by atoms with E-state index in [0.29, 0.717) is 11.1 Å². The van der Waals surface area contributed by atoms with Crippen LogP contribution in [0.1, 0.15) is 22.8 Å². The molecular formula is C21H18O6. The van der Waals surface area contributed by atoms with E-state index in [0.717, 1.165) is 5.56 Å². The van der Waals surface area contributed by atoms with Crippen LogP contribution in [0.25, 0.3) is 17.2 Å². The van der Waals surface area contributed by atoms with Gasteiger partial charge in [-0.2, -0.15) is 0 Å². The van der Waals surface area contributed by atoms with E-state index in [-0.39, 0.29) is 16.9 Å². The minimum Gasteiger partial charge on any atom is -0.478 e. The lowest BCUT2D eigenvalue weighted by Gasteiger charge is -2.10. The molecule has 6 heteroatoms. The Hall–Kier alpha value is -3.67. The van der Waals surface area contributed by atoms with Gasteiger partial charge in [0.1, 0.15) is 5.75 Å². The molecule has 0 aliphatic rings. The van der Waals surface area contributed by atoms with Gasteiger partial charge in [-0.15, -0.1) is 0 Å². The number of methoxy groups -OCH3 is 1. The summed E-state index contributed by atoms with van der Waals surface area (Å²) in [5, 5.41) is 9.43. The monoisotopic (exact) mass is 366 g/mol. The largest absolute Gasteiger partial charge is 0.478 e. The summed E-state index contributed by atoms with van der Waals surface area (Å²) in [6, 6.07) is 11.2. The van der Waals surface area contributed by atoms with Crippen molar-refractivity contribution in [2.75, 3.05) is 7.11 Å². The zero-order valence-corrected chi connectivity index (χ0v) is 14.9. The van der Waals surface area contributed by atoms with Gasteiger partial charge < -0.3 is 14.6 Å². The fourth-order valence-electron chi connectivity index (χ4n) is 2.21. The summed E-state index contributed by atoms with van der Waals surface area (Å²) in [5.74, 6) is -1.94. The topological polar surface area (TPSA) is 89.9 Å². The molecule has 0 amide bonds. The van der Waals surface area contributed by atoms with E-state index in [1.165, 1.54) is 38.3 Å². The number of ether oxygens (including phenoxy) is 2. The first-order chi connectivity index (χ1) is 12.8. The van der Waals surface area contributed by atoms with Crippen LogP contribution in [-0.4, -0.2) is 30.1 Å². The van der Waals surface area contributed by atoms with Crippen molar-refractivity contribution in [2.24, 2.45) is 0 Å². The second-order valence-corrected chi connectivity index (χ2v) is 5.66. The van der Waals surface area contributed by atoms with Crippen molar-refractivity contribution in [1.29, 1.82) is 0 Å². The van der Waals surface area contributed by atoms with E-state index in [4.69, 9.17) is 4.74 Å². The van der Waals surface area contributed by atoms with E-state index < -0.39 is 17.9 Å². The molecule has 1 N–H and O–H groups in total. The lowest BCUT2D eigenvalue weighted by molar-refractivity contribution is -0.134. The van der Waals surface area contributed by atoms with Crippen LogP contribution in [0.4, 0.5) is 0 Å². The summed E-state index contributed by atoms with van der Waals surface area (Å²) in [5.41, 5.74) is 2.07. The molecule has 0 radical (unpaired) electrons. The number of esters is 2. The van der Waals surface area contributed by atoms with E-state index in [2.05, 4.69) is 11.3 Å². The second-order valence-electron chi connectivity index (χ2n) is 5.66. The maximum Gasteiger partial charge on any atom is 0.338 e. The van der Waals surface area contributed by atoms with E-state index >= 15 is 0 Å². The third-order valence-electron chi connectivity index (χ3n) is 3.62. The van der Waals surface area contributed by atoms with Gasteiger partial charge in [0.05, 0.1) is 12.7 Å². The average molecular weight is 366 g/mol. The van der Waals surface area contributed by atoms with Crippen molar-refractivity contribution in [1.82, 2.24) is 0 Å². The third kappa shape index (κ3) is 5.15. The molecule has 27 heavy (non-hydrogen) atoms. The highest BCUT2D eigenvalue weighted by molar-refractivity contribution is 5.97. The van der Waals surface area contributed by atoms with Crippen molar-refractivity contribution in [3.63, 3.8) is 0 Å². The first-order valence-electron chi connectivity index (χ1n) is 7.93. The van der Waals surface area contributed by atoms with Crippen LogP contribution in [-0.2, 0) is 14.3 Å². The molecule has 0 aliphatic carbocycles. The molecule has 2 aromatic rings. The van der Waals surface area contributed by atoms with Crippen LogP contribution in [0, 0.1) is 0 Å². The first kappa shape index (κ1) is 19.7. The van der Waals surface area contributed by atoms with Crippen LogP contribution in [0.3, 0.4) is 0 Å². The van der Waals surface area contributed by atoms with E-state index in [1.54, 1.807) is 30.3 Å². The Morgan fingerprint density at radius 3 is 2.30 bits per heavy atom. The lowest BCUT2D eigenvalue weighted by Crippen LogP contribution is -2.09. The van der Waals surface area contributed by atoms with Crippen molar-refractivity contribution >= 4 is 24.0 Å². The zero-order chi connectivity index (χ0) is 20.0. The van der Waals surface area contributed by atoms with Crippen LogP contribution in [0.2, 0.25) is 0 Å². The van der Waals surface area contributed by atoms with Gasteiger partial charge in [0.2, 0.25) is 0 Å². The SMILES string of the molecule is C=C(C)C(=O)Oc1ccc(C(=O)O)c(-c2ccc(/C=C/C(=O)OC)cc2)c1. The van der Waals surface area contributed by atoms with Crippen LogP contribution >= 0.6 is 0 Å². The molecule has 0 heterocycles. The van der Waals surface area contributed by atoms with Gasteiger partial charge in [-0.3, -0.25) is 0 Å². The molecule has 0 saturated carbocycles. The highest BCUT2D eigenvalue weighted by Crippen LogP contribution is 2.29. The Morgan fingerprint density at radius 2 is 1.74 bits per heavy atom. The summed E-state index contributed by atoms with van der Waals surface area (Å²) in [7, 11) is 1.29. The Morgan fingerprint density at radius 1 is 1.07 bits per heavy atom. The molecule has 2 aromatic carbocycles. The molecular weight excluding hydrogens is 348 g/mol. The number of hydrogen-bond donors (Lipinski definition) is 1.